The van der Waals surface area contributed by atoms with Gasteiger partial charge in [0.15, 0.2) is 17.4 Å². The van der Waals surface area contributed by atoms with Crippen LogP contribution in [0.4, 0.5) is 22.0 Å². The Labute approximate surface area is 199 Å². The molecule has 3 N–H and O–H groups in total. The summed E-state index contributed by atoms with van der Waals surface area (Å²) in [6, 6.07) is 4.48. The SMILES string of the molecule is Cc1c(CC(=O)NCC(C)C(=O)O)c2c(F)c(O)c(F)cc2n1C(=O)c1ccc(OC(F)(F)F)cc1. The molecule has 0 aliphatic carbocycles. The predicted octanol–water partition coefficient (Wildman–Crippen LogP) is 3.90. The molecule has 1 unspecified atom stereocenters. The first kappa shape index (κ1) is 26.4. The van der Waals surface area contributed by atoms with E-state index < -0.39 is 65.0 Å². The largest absolute Gasteiger partial charge is 0.573 e. The van der Waals surface area contributed by atoms with E-state index in [0.717, 1.165) is 28.8 Å². The number of hydrogen-bond acceptors (Lipinski definition) is 5. The van der Waals surface area contributed by atoms with Crippen molar-refractivity contribution in [1.29, 1.82) is 0 Å². The number of carboxylic acid groups (broad SMARTS) is 1. The van der Waals surface area contributed by atoms with Crippen molar-refractivity contribution in [1.82, 2.24) is 9.88 Å². The number of rotatable bonds is 7. The van der Waals surface area contributed by atoms with Crippen LogP contribution in [0.5, 0.6) is 11.5 Å². The summed E-state index contributed by atoms with van der Waals surface area (Å²) in [4.78, 5) is 36.6. The Morgan fingerprint density at radius 3 is 2.31 bits per heavy atom. The molecular formula is C23H19F5N2O6. The van der Waals surface area contributed by atoms with E-state index in [4.69, 9.17) is 5.11 Å². The molecule has 2 aromatic carbocycles. The van der Waals surface area contributed by atoms with Crippen molar-refractivity contribution in [3.05, 3.63) is 58.8 Å². The standard InChI is InChI=1S/C23H19F5N2O6/c1-10(22(34)35)9-29-17(31)7-14-11(2)30(16-8-15(24)20(32)19(25)18(14)16)21(33)12-3-5-13(6-4-12)36-23(26,27)28/h3-6,8,10,32H,7,9H2,1-2H3,(H,29,31)(H,34,35). The summed E-state index contributed by atoms with van der Waals surface area (Å²) in [6.45, 7) is 2.44. The molecule has 0 aliphatic heterocycles. The third kappa shape index (κ3) is 5.39. The molecule has 1 aromatic heterocycles. The van der Waals surface area contributed by atoms with Gasteiger partial charge in [-0.15, -0.1) is 13.2 Å². The van der Waals surface area contributed by atoms with Crippen molar-refractivity contribution in [3.63, 3.8) is 0 Å². The Kier molecular flexibility index (Phi) is 7.22. The van der Waals surface area contributed by atoms with Gasteiger partial charge in [0.1, 0.15) is 5.75 Å². The number of carbonyl (C=O) groups is 3. The molecule has 0 radical (unpaired) electrons. The second-order valence-electron chi connectivity index (χ2n) is 7.91. The number of aromatic hydroxyl groups is 1. The number of halogens is 5. The maximum Gasteiger partial charge on any atom is 0.573 e. The first-order valence-corrected chi connectivity index (χ1v) is 10.3. The zero-order valence-electron chi connectivity index (χ0n) is 18.7. The monoisotopic (exact) mass is 514 g/mol. The van der Waals surface area contributed by atoms with Crippen LogP contribution < -0.4 is 10.1 Å². The van der Waals surface area contributed by atoms with E-state index >= 15 is 0 Å². The highest BCUT2D eigenvalue weighted by molar-refractivity contribution is 6.05. The summed E-state index contributed by atoms with van der Waals surface area (Å²) in [7, 11) is 0. The molecule has 0 saturated heterocycles. The molecule has 0 bridgehead atoms. The van der Waals surface area contributed by atoms with Gasteiger partial charge >= 0.3 is 12.3 Å². The molecule has 3 aromatic rings. The van der Waals surface area contributed by atoms with Crippen LogP contribution >= 0.6 is 0 Å². The van der Waals surface area contributed by atoms with Crippen molar-refractivity contribution in [2.45, 2.75) is 26.6 Å². The molecule has 0 saturated carbocycles. The van der Waals surface area contributed by atoms with E-state index in [2.05, 4.69) is 10.1 Å². The number of alkyl halides is 3. The van der Waals surface area contributed by atoms with Gasteiger partial charge < -0.3 is 20.3 Å². The number of carbonyl (C=O) groups excluding carboxylic acids is 2. The summed E-state index contributed by atoms with van der Waals surface area (Å²) in [5.74, 6) is -8.42. The number of phenols is 1. The second kappa shape index (κ2) is 9.84. The fraction of sp³-hybridized carbons (Fsp3) is 0.261. The van der Waals surface area contributed by atoms with Gasteiger partial charge in [-0.1, -0.05) is 6.92 Å². The Balaban J connectivity index is 2.05. The van der Waals surface area contributed by atoms with E-state index in [1.807, 2.05) is 0 Å². The third-order valence-corrected chi connectivity index (χ3v) is 5.39. The minimum absolute atomic E-state index is 0.00375. The highest BCUT2D eigenvalue weighted by Crippen LogP contribution is 2.35. The minimum atomic E-state index is -4.95. The lowest BCUT2D eigenvalue weighted by molar-refractivity contribution is -0.274. The molecule has 36 heavy (non-hydrogen) atoms. The normalized spacial score (nSPS) is 12.4. The number of nitrogens with one attached hydrogen (secondary N) is 1. The minimum Gasteiger partial charge on any atom is -0.503 e. The maximum atomic E-state index is 14.9. The van der Waals surface area contributed by atoms with Crippen LogP contribution in [0.2, 0.25) is 0 Å². The lowest BCUT2D eigenvalue weighted by Gasteiger charge is -2.11. The Morgan fingerprint density at radius 1 is 1.14 bits per heavy atom. The number of aliphatic carboxylic acids is 1. The molecule has 0 fully saturated rings. The highest BCUT2D eigenvalue weighted by Gasteiger charge is 2.31. The number of fused-ring (bicyclic) bond motifs is 1. The van der Waals surface area contributed by atoms with Crippen LogP contribution in [0.1, 0.15) is 28.5 Å². The average molecular weight is 514 g/mol. The first-order valence-electron chi connectivity index (χ1n) is 10.3. The number of aromatic nitrogens is 1. The van der Waals surface area contributed by atoms with E-state index in [1.54, 1.807) is 0 Å². The Bertz CT molecular complexity index is 1350. The number of amides is 1. The van der Waals surface area contributed by atoms with Crippen molar-refractivity contribution in [3.8, 4) is 11.5 Å². The molecule has 1 heterocycles. The molecule has 1 atom stereocenters. The molecule has 0 spiro atoms. The summed E-state index contributed by atoms with van der Waals surface area (Å²) >= 11 is 0. The van der Waals surface area contributed by atoms with Gasteiger partial charge in [-0.2, -0.15) is 0 Å². The van der Waals surface area contributed by atoms with Gasteiger partial charge in [0.25, 0.3) is 5.91 Å². The lowest BCUT2D eigenvalue weighted by Crippen LogP contribution is -2.32. The van der Waals surface area contributed by atoms with Crippen LogP contribution in [-0.4, -0.2) is 45.5 Å². The van der Waals surface area contributed by atoms with E-state index in [-0.39, 0.29) is 28.9 Å². The number of hydrogen-bond donors (Lipinski definition) is 3. The van der Waals surface area contributed by atoms with Crippen LogP contribution in [0.3, 0.4) is 0 Å². The van der Waals surface area contributed by atoms with Gasteiger partial charge in [-0.25, -0.2) is 8.78 Å². The lowest BCUT2D eigenvalue weighted by atomic mass is 10.1. The van der Waals surface area contributed by atoms with Crippen molar-refractivity contribution in [2.75, 3.05) is 6.54 Å². The highest BCUT2D eigenvalue weighted by atomic mass is 19.4. The molecule has 192 valence electrons. The fourth-order valence-electron chi connectivity index (χ4n) is 3.54. The number of ether oxygens (including phenoxy) is 1. The van der Waals surface area contributed by atoms with Crippen molar-refractivity contribution in [2.24, 2.45) is 5.92 Å². The van der Waals surface area contributed by atoms with E-state index in [0.29, 0.717) is 6.07 Å². The molecule has 1 amide bonds. The van der Waals surface area contributed by atoms with Crippen LogP contribution in [-0.2, 0) is 16.0 Å². The zero-order chi connectivity index (χ0) is 26.9. The van der Waals surface area contributed by atoms with Crippen molar-refractivity contribution < 1.29 is 51.3 Å². The van der Waals surface area contributed by atoms with Crippen molar-refractivity contribution >= 4 is 28.7 Å². The quantitative estimate of drug-likeness (QED) is 0.412. The summed E-state index contributed by atoms with van der Waals surface area (Å²) in [5, 5.41) is 20.7. The Morgan fingerprint density at radius 2 is 1.75 bits per heavy atom. The van der Waals surface area contributed by atoms with Gasteiger partial charge in [0.2, 0.25) is 5.91 Å². The summed E-state index contributed by atoms with van der Waals surface area (Å²) < 4.78 is 70.9. The van der Waals surface area contributed by atoms with E-state index in [1.165, 1.54) is 13.8 Å². The smallest absolute Gasteiger partial charge is 0.503 e. The molecule has 3 rings (SSSR count). The number of benzene rings is 2. The van der Waals surface area contributed by atoms with Gasteiger partial charge in [0.05, 0.1) is 17.9 Å². The van der Waals surface area contributed by atoms with E-state index in [9.17, 15) is 41.4 Å². The summed E-state index contributed by atoms with van der Waals surface area (Å²) in [5.41, 5.74) is -0.577. The average Bonchev–Trinajstić information content (AvgIpc) is 3.05. The Hall–Kier alpha value is -4.16. The predicted molar refractivity (Wildman–Crippen MR) is 115 cm³/mol. The summed E-state index contributed by atoms with van der Waals surface area (Å²) in [6.07, 6.45) is -5.50. The maximum absolute atomic E-state index is 14.9. The van der Waals surface area contributed by atoms with Crippen LogP contribution in [0.15, 0.2) is 30.3 Å². The van der Waals surface area contributed by atoms with Gasteiger partial charge in [0, 0.05) is 29.3 Å². The molecule has 13 heteroatoms. The molecular weight excluding hydrogens is 495 g/mol. The van der Waals surface area contributed by atoms with Gasteiger partial charge in [-0.05, 0) is 36.8 Å². The molecule has 8 nitrogen and oxygen atoms in total. The second-order valence-corrected chi connectivity index (χ2v) is 7.91. The molecule has 0 aliphatic rings. The first-order chi connectivity index (χ1) is 16.7. The van der Waals surface area contributed by atoms with Crippen LogP contribution in [0, 0.1) is 24.5 Å². The zero-order valence-corrected chi connectivity index (χ0v) is 18.7. The number of nitrogens with zero attached hydrogens (tertiary/aromatic N) is 1. The number of carboxylic acids is 1. The third-order valence-electron chi connectivity index (χ3n) is 5.39. The fourth-order valence-corrected chi connectivity index (χ4v) is 3.54. The topological polar surface area (TPSA) is 118 Å². The van der Waals surface area contributed by atoms with Gasteiger partial charge in [-0.3, -0.25) is 19.0 Å². The van der Waals surface area contributed by atoms with Crippen LogP contribution in [0.25, 0.3) is 10.9 Å². The number of phenolic OH excluding ortho intramolecular Hbond substituents is 1.